The van der Waals surface area contributed by atoms with Gasteiger partial charge >= 0.3 is 0 Å². The van der Waals surface area contributed by atoms with Gasteiger partial charge in [0.15, 0.2) is 5.78 Å². The van der Waals surface area contributed by atoms with E-state index in [1.807, 2.05) is 55.6 Å². The number of thiazole rings is 1. The number of ketones is 1. The molecule has 1 aliphatic rings. The van der Waals surface area contributed by atoms with Gasteiger partial charge in [-0.15, -0.1) is 22.7 Å². The lowest BCUT2D eigenvalue weighted by molar-refractivity contribution is 0.0621. The molecule has 4 aromatic rings. The number of benzene rings is 2. The summed E-state index contributed by atoms with van der Waals surface area (Å²) in [7, 11) is -3.19. The van der Waals surface area contributed by atoms with Crippen molar-refractivity contribution in [2.75, 3.05) is 26.0 Å². The third-order valence-electron chi connectivity index (χ3n) is 7.64. The molecule has 0 radical (unpaired) electrons. The van der Waals surface area contributed by atoms with Crippen molar-refractivity contribution < 1.29 is 18.6 Å². The maximum Gasteiger partial charge on any atom is 0.232 e. The standard InChI is InChI=1S/C34H36NO4PS2/c1-4-39-40(37,31-13-5-24(2)6-14-31)21-29(19-27-15-17-38-18-16-27)32-20-33(42-34(32)25(3)36)28-10-7-26(8-11-28)9-12-30-22-41-23-35-30/h5-8,10-11,13-14,20,22-23,27,29H,4,15-19,21H2,1-3H3. The SMILES string of the molecule is CCOP(=O)(CC(CC1CCOCC1)c1cc(-c2ccc(C#Cc3cscn3)cc2)sc1C(C)=O)c1ccc(C)cc1. The zero-order valence-corrected chi connectivity index (χ0v) is 26.8. The first-order valence-corrected chi connectivity index (χ1v) is 18.0. The molecular weight excluding hydrogens is 581 g/mol. The van der Waals surface area contributed by atoms with Gasteiger partial charge in [-0.1, -0.05) is 35.7 Å². The van der Waals surface area contributed by atoms with Gasteiger partial charge in [0.2, 0.25) is 7.37 Å². The summed E-state index contributed by atoms with van der Waals surface area (Å²) < 4.78 is 26.3. The molecule has 0 N–H and O–H groups in total. The van der Waals surface area contributed by atoms with Gasteiger partial charge in [-0.2, -0.15) is 0 Å². The van der Waals surface area contributed by atoms with E-state index in [0.29, 0.717) is 18.7 Å². The maximum atomic E-state index is 14.5. The van der Waals surface area contributed by atoms with E-state index in [2.05, 4.69) is 35.0 Å². The quantitative estimate of drug-likeness (QED) is 0.102. The van der Waals surface area contributed by atoms with E-state index in [1.54, 1.807) is 12.4 Å². The lowest BCUT2D eigenvalue weighted by atomic mass is 9.85. The van der Waals surface area contributed by atoms with Gasteiger partial charge in [0, 0.05) is 40.5 Å². The molecule has 0 amide bonds. The summed E-state index contributed by atoms with van der Waals surface area (Å²) in [5.41, 5.74) is 6.57. The Hall–Kier alpha value is -2.85. The molecule has 1 fully saturated rings. The number of hydrogen-bond acceptors (Lipinski definition) is 7. The predicted octanol–water partition coefficient (Wildman–Crippen LogP) is 8.32. The van der Waals surface area contributed by atoms with E-state index in [-0.39, 0.29) is 11.7 Å². The fraction of sp³-hybridized carbons (Fsp3) is 0.353. The average molecular weight is 618 g/mol. The van der Waals surface area contributed by atoms with Gasteiger partial charge < -0.3 is 9.26 Å². The molecule has 1 saturated heterocycles. The number of carbonyl (C=O) groups is 1. The van der Waals surface area contributed by atoms with Gasteiger partial charge in [-0.05, 0) is 99.2 Å². The molecule has 42 heavy (non-hydrogen) atoms. The largest absolute Gasteiger partial charge is 0.381 e. The van der Waals surface area contributed by atoms with E-state index >= 15 is 0 Å². The highest BCUT2D eigenvalue weighted by Gasteiger charge is 2.34. The first-order valence-electron chi connectivity index (χ1n) is 14.4. The Morgan fingerprint density at radius 2 is 1.86 bits per heavy atom. The molecule has 1 aliphatic heterocycles. The molecule has 2 unspecified atom stereocenters. The normalized spacial score (nSPS) is 15.9. The summed E-state index contributed by atoms with van der Waals surface area (Å²) >= 11 is 3.04. The van der Waals surface area contributed by atoms with Crippen molar-refractivity contribution in [2.24, 2.45) is 5.92 Å². The molecule has 2 aromatic carbocycles. The van der Waals surface area contributed by atoms with Crippen molar-refractivity contribution in [1.82, 2.24) is 4.98 Å². The lowest BCUT2D eigenvalue weighted by Crippen LogP contribution is -2.22. The topological polar surface area (TPSA) is 65.5 Å². The number of aryl methyl sites for hydroxylation is 1. The number of nitrogens with zero attached hydrogens (tertiary/aromatic N) is 1. The summed E-state index contributed by atoms with van der Waals surface area (Å²) in [6, 6.07) is 18.1. The molecule has 0 spiro atoms. The van der Waals surface area contributed by atoms with Gasteiger partial charge in [-0.25, -0.2) is 4.98 Å². The third-order valence-corrected chi connectivity index (χ3v) is 12.2. The summed E-state index contributed by atoms with van der Waals surface area (Å²) in [5.74, 6) is 6.65. The van der Waals surface area contributed by atoms with Crippen molar-refractivity contribution in [3.63, 3.8) is 0 Å². The zero-order chi connectivity index (χ0) is 29.5. The first-order chi connectivity index (χ1) is 20.3. The number of thiophene rings is 1. The van der Waals surface area contributed by atoms with Crippen LogP contribution in [0.2, 0.25) is 0 Å². The Balaban J connectivity index is 1.50. The smallest absolute Gasteiger partial charge is 0.232 e. The van der Waals surface area contributed by atoms with E-state index < -0.39 is 7.37 Å². The molecule has 5 nitrogen and oxygen atoms in total. The van der Waals surface area contributed by atoms with E-state index in [9.17, 15) is 9.36 Å². The van der Waals surface area contributed by atoms with E-state index in [4.69, 9.17) is 9.26 Å². The molecule has 0 saturated carbocycles. The first kappa shape index (κ1) is 30.6. The zero-order valence-electron chi connectivity index (χ0n) is 24.3. The van der Waals surface area contributed by atoms with Crippen LogP contribution in [0.25, 0.3) is 10.4 Å². The molecular formula is C34H36NO4PS2. The van der Waals surface area contributed by atoms with Crippen molar-refractivity contribution in [2.45, 2.75) is 46.0 Å². The van der Waals surface area contributed by atoms with Crippen molar-refractivity contribution >= 4 is 41.1 Å². The van der Waals surface area contributed by atoms with Crippen molar-refractivity contribution in [3.8, 4) is 22.3 Å². The Labute approximate surface area is 256 Å². The van der Waals surface area contributed by atoms with E-state index in [1.165, 1.54) is 22.7 Å². The van der Waals surface area contributed by atoms with E-state index in [0.717, 1.165) is 75.5 Å². The van der Waals surface area contributed by atoms with Gasteiger partial charge in [0.05, 0.1) is 17.0 Å². The minimum Gasteiger partial charge on any atom is -0.381 e. The highest BCUT2D eigenvalue weighted by Crippen LogP contribution is 2.52. The summed E-state index contributed by atoms with van der Waals surface area (Å²) in [6.07, 6.45) is 3.14. The Bertz CT molecular complexity index is 1590. The summed E-state index contributed by atoms with van der Waals surface area (Å²) in [5, 5.41) is 2.67. The highest BCUT2D eigenvalue weighted by molar-refractivity contribution is 7.67. The van der Waals surface area contributed by atoms with Gasteiger partial charge in [-0.3, -0.25) is 9.36 Å². The van der Waals surface area contributed by atoms with Gasteiger partial charge in [0.1, 0.15) is 5.69 Å². The summed E-state index contributed by atoms with van der Waals surface area (Å²) in [6.45, 7) is 7.39. The second-order valence-corrected chi connectivity index (χ2v) is 15.0. The Morgan fingerprint density at radius 3 is 2.50 bits per heavy atom. The average Bonchev–Trinajstić information content (AvgIpc) is 3.68. The Kier molecular flexibility index (Phi) is 10.3. The lowest BCUT2D eigenvalue weighted by Gasteiger charge is -2.29. The van der Waals surface area contributed by atoms with Crippen LogP contribution in [0, 0.1) is 24.7 Å². The van der Waals surface area contributed by atoms with Crippen LogP contribution in [0.1, 0.15) is 71.1 Å². The van der Waals surface area contributed by atoms with Crippen molar-refractivity contribution in [3.05, 3.63) is 92.7 Å². The molecule has 218 valence electrons. The molecule has 5 rings (SSSR count). The van der Waals surface area contributed by atoms with Crippen LogP contribution >= 0.6 is 30.0 Å². The fourth-order valence-corrected chi connectivity index (χ4v) is 9.48. The van der Waals surface area contributed by atoms with Crippen LogP contribution in [-0.2, 0) is 13.8 Å². The van der Waals surface area contributed by atoms with Crippen LogP contribution in [0.15, 0.2) is 65.5 Å². The minimum absolute atomic E-state index is 0.0329. The second kappa shape index (κ2) is 14.1. The molecule has 8 heteroatoms. The molecule has 2 aromatic heterocycles. The number of rotatable bonds is 10. The Morgan fingerprint density at radius 1 is 1.12 bits per heavy atom. The summed E-state index contributed by atoms with van der Waals surface area (Å²) in [4.78, 5) is 19.0. The minimum atomic E-state index is -3.19. The predicted molar refractivity (Wildman–Crippen MR) is 174 cm³/mol. The van der Waals surface area contributed by atoms with Crippen LogP contribution in [0.3, 0.4) is 0 Å². The number of hydrogen-bond donors (Lipinski definition) is 0. The monoisotopic (exact) mass is 617 g/mol. The third kappa shape index (κ3) is 7.56. The molecule has 2 atom stereocenters. The molecule has 3 heterocycles. The number of aromatic nitrogens is 1. The maximum absolute atomic E-state index is 14.5. The van der Waals surface area contributed by atoms with Gasteiger partial charge in [0.25, 0.3) is 0 Å². The van der Waals surface area contributed by atoms with Crippen LogP contribution in [0.5, 0.6) is 0 Å². The van der Waals surface area contributed by atoms with Crippen LogP contribution < -0.4 is 5.30 Å². The highest BCUT2D eigenvalue weighted by atomic mass is 32.1. The van der Waals surface area contributed by atoms with Crippen LogP contribution in [0.4, 0.5) is 0 Å². The van der Waals surface area contributed by atoms with Crippen molar-refractivity contribution in [1.29, 1.82) is 0 Å². The fourth-order valence-electron chi connectivity index (χ4n) is 5.44. The number of ether oxygens (including phenoxy) is 1. The van der Waals surface area contributed by atoms with Crippen LogP contribution in [-0.4, -0.2) is 36.7 Å². The molecule has 0 bridgehead atoms. The second-order valence-electron chi connectivity index (χ2n) is 10.8. The molecule has 0 aliphatic carbocycles. The number of carbonyl (C=O) groups excluding carboxylic acids is 1. The number of Topliss-reactive ketones (excluding diaryl/α,β-unsaturated/α-hetero) is 1.